The van der Waals surface area contributed by atoms with Crippen LogP contribution in [0.1, 0.15) is 74.1 Å². The molecule has 4 rings (SSSR count). The van der Waals surface area contributed by atoms with Gasteiger partial charge in [0.2, 0.25) is 11.8 Å². The van der Waals surface area contributed by atoms with E-state index in [-0.39, 0.29) is 35.2 Å². The second kappa shape index (κ2) is 8.68. The first-order valence-corrected chi connectivity index (χ1v) is 11.1. The maximum atomic E-state index is 12.5. The number of nitrogens with zero attached hydrogens (tertiary/aromatic N) is 4. The van der Waals surface area contributed by atoms with Crippen LogP contribution in [0.3, 0.4) is 0 Å². The number of nitrogen functional groups attached to an aromatic ring is 1. The topological polar surface area (TPSA) is 155 Å². The van der Waals surface area contributed by atoms with Crippen molar-refractivity contribution in [3.63, 3.8) is 0 Å². The van der Waals surface area contributed by atoms with Gasteiger partial charge < -0.3 is 16.0 Å². The number of carbonyl (C=O) groups is 2. The molecule has 3 aromatic heterocycles. The maximum absolute atomic E-state index is 12.5. The molecule has 0 atom stereocenters. The van der Waals surface area contributed by atoms with Gasteiger partial charge in [-0.1, -0.05) is 31.0 Å². The number of pyridine rings is 1. The van der Waals surface area contributed by atoms with Crippen molar-refractivity contribution in [2.45, 2.75) is 64.3 Å². The lowest BCUT2D eigenvalue weighted by atomic mass is 9.85. The first-order valence-electron chi connectivity index (χ1n) is 11.1. The highest BCUT2D eigenvalue weighted by atomic mass is 16.5. The van der Waals surface area contributed by atoms with Crippen molar-refractivity contribution < 1.29 is 14.1 Å². The van der Waals surface area contributed by atoms with Crippen molar-refractivity contribution in [3.05, 3.63) is 41.2 Å². The highest BCUT2D eigenvalue weighted by Crippen LogP contribution is 2.40. The van der Waals surface area contributed by atoms with Crippen molar-refractivity contribution in [1.29, 1.82) is 0 Å². The van der Waals surface area contributed by atoms with Gasteiger partial charge in [-0.25, -0.2) is 4.68 Å². The monoisotopic (exact) mass is 451 g/mol. The lowest BCUT2D eigenvalue weighted by Crippen LogP contribution is -2.17. The predicted octanol–water partition coefficient (Wildman–Crippen LogP) is 3.21. The minimum absolute atomic E-state index is 0.0158. The predicted molar refractivity (Wildman–Crippen MR) is 123 cm³/mol. The van der Waals surface area contributed by atoms with E-state index in [1.165, 1.54) is 17.5 Å². The molecule has 5 N–H and O–H groups in total. The van der Waals surface area contributed by atoms with Gasteiger partial charge in [0.1, 0.15) is 17.1 Å². The van der Waals surface area contributed by atoms with Crippen LogP contribution in [0.25, 0.3) is 11.4 Å². The molecular weight excluding hydrogens is 422 g/mol. The van der Waals surface area contributed by atoms with E-state index in [9.17, 15) is 9.59 Å². The average Bonchev–Trinajstić information content (AvgIpc) is 3.48. The number of hydrogen-bond donors (Lipinski definition) is 3. The Bertz CT molecular complexity index is 1170. The van der Waals surface area contributed by atoms with E-state index in [0.717, 1.165) is 18.5 Å². The van der Waals surface area contributed by atoms with Crippen LogP contribution in [-0.2, 0) is 16.6 Å². The minimum atomic E-state index is -0.669. The summed E-state index contributed by atoms with van der Waals surface area (Å²) in [6, 6.07) is 5.20. The first kappa shape index (κ1) is 22.5. The Morgan fingerprint density at radius 1 is 1.27 bits per heavy atom. The Balaban J connectivity index is 1.45. The van der Waals surface area contributed by atoms with Gasteiger partial charge in [0.25, 0.3) is 5.91 Å². The zero-order valence-electron chi connectivity index (χ0n) is 19.1. The molecule has 10 nitrogen and oxygen atoms in total. The van der Waals surface area contributed by atoms with E-state index < -0.39 is 5.91 Å². The molecule has 33 heavy (non-hydrogen) atoms. The molecule has 10 heteroatoms. The molecule has 0 unspecified atom stereocenters. The number of aromatic nitrogens is 4. The molecule has 1 fully saturated rings. The summed E-state index contributed by atoms with van der Waals surface area (Å²) in [5.74, 6) is -0.364. The van der Waals surface area contributed by atoms with Crippen LogP contribution >= 0.6 is 0 Å². The Hall–Kier alpha value is -3.69. The quantitative estimate of drug-likeness (QED) is 0.498. The number of carbonyl (C=O) groups excluding carboxylic acids is 2. The van der Waals surface area contributed by atoms with E-state index in [4.69, 9.17) is 16.0 Å². The number of nitrogens with two attached hydrogens (primary N) is 2. The van der Waals surface area contributed by atoms with Crippen molar-refractivity contribution in [1.82, 2.24) is 19.9 Å². The molecule has 0 spiro atoms. The Kier molecular flexibility index (Phi) is 5.92. The van der Waals surface area contributed by atoms with Crippen LogP contribution in [0, 0.1) is 0 Å². The maximum Gasteiger partial charge on any atom is 0.254 e. The number of anilines is 2. The summed E-state index contributed by atoms with van der Waals surface area (Å²) in [5, 5.41) is 11.3. The summed E-state index contributed by atoms with van der Waals surface area (Å²) in [6.07, 6.45) is 6.17. The van der Waals surface area contributed by atoms with Crippen molar-refractivity contribution in [2.75, 3.05) is 11.1 Å². The minimum Gasteiger partial charge on any atom is -0.383 e. The smallest absolute Gasteiger partial charge is 0.254 e. The van der Waals surface area contributed by atoms with Gasteiger partial charge in [-0.15, -0.1) is 0 Å². The van der Waals surface area contributed by atoms with Crippen molar-refractivity contribution in [2.24, 2.45) is 5.73 Å². The summed E-state index contributed by atoms with van der Waals surface area (Å²) < 4.78 is 6.87. The molecule has 1 aliphatic rings. The van der Waals surface area contributed by atoms with E-state index in [0.29, 0.717) is 22.8 Å². The number of hydrogen-bond acceptors (Lipinski definition) is 7. The molecule has 1 saturated carbocycles. The summed E-state index contributed by atoms with van der Waals surface area (Å²) in [4.78, 5) is 28.8. The van der Waals surface area contributed by atoms with Crippen LogP contribution < -0.4 is 16.8 Å². The van der Waals surface area contributed by atoms with Gasteiger partial charge in [0.15, 0.2) is 0 Å². The van der Waals surface area contributed by atoms with E-state index in [1.807, 2.05) is 19.9 Å². The molecule has 0 aliphatic heterocycles. The molecule has 0 radical (unpaired) electrons. The fraction of sp³-hybridized carbons (Fsp3) is 0.435. The van der Waals surface area contributed by atoms with Crippen LogP contribution in [0.15, 0.2) is 28.9 Å². The summed E-state index contributed by atoms with van der Waals surface area (Å²) in [7, 11) is 0. The van der Waals surface area contributed by atoms with Gasteiger partial charge in [-0.2, -0.15) is 5.10 Å². The van der Waals surface area contributed by atoms with Crippen LogP contribution in [0.4, 0.5) is 11.7 Å². The molecule has 3 aromatic rings. The molecule has 1 aliphatic carbocycles. The number of primary amides is 1. The highest BCUT2D eigenvalue weighted by molar-refractivity contribution is 6.03. The zero-order chi connectivity index (χ0) is 23.8. The fourth-order valence-electron chi connectivity index (χ4n) is 4.33. The first-order chi connectivity index (χ1) is 15.7. The largest absolute Gasteiger partial charge is 0.383 e. The van der Waals surface area contributed by atoms with Gasteiger partial charge in [-0.05, 0) is 38.3 Å². The lowest BCUT2D eigenvalue weighted by molar-refractivity contribution is -0.115. The molecular formula is C23H29N7O3. The normalized spacial score (nSPS) is 15.2. The van der Waals surface area contributed by atoms with Crippen LogP contribution in [0.2, 0.25) is 0 Å². The van der Waals surface area contributed by atoms with Gasteiger partial charge in [0.05, 0.1) is 17.8 Å². The van der Waals surface area contributed by atoms with E-state index in [2.05, 4.69) is 27.5 Å². The van der Waals surface area contributed by atoms with Crippen LogP contribution in [0.5, 0.6) is 0 Å². The van der Waals surface area contributed by atoms with E-state index >= 15 is 0 Å². The Morgan fingerprint density at radius 2 is 2.00 bits per heavy atom. The summed E-state index contributed by atoms with van der Waals surface area (Å²) >= 11 is 0. The summed E-state index contributed by atoms with van der Waals surface area (Å²) in [5.41, 5.74) is 14.1. The fourth-order valence-corrected chi connectivity index (χ4v) is 4.33. The molecule has 174 valence electrons. The zero-order valence-corrected chi connectivity index (χ0v) is 19.1. The van der Waals surface area contributed by atoms with Gasteiger partial charge >= 0.3 is 0 Å². The standard InChI is InChI=1S/C23H29N7O3/c1-13(2)30-21(24)19(22(25)32)20(28-30)15-7-6-14(12-26-15)10-17(31)27-18-11-16(29-33-18)23(3)8-4-5-9-23/h6-7,11-13H,4-5,8-10,24H2,1-3H3,(H2,25,32)(H,27,31). The van der Waals surface area contributed by atoms with E-state index in [1.54, 1.807) is 18.3 Å². The van der Waals surface area contributed by atoms with Crippen molar-refractivity contribution in [3.8, 4) is 11.4 Å². The average molecular weight is 452 g/mol. The SMILES string of the molecule is CC(C)n1nc(-c2ccc(CC(=O)Nc3cc(C4(C)CCCC4)no3)cn2)c(C(N)=O)c1N. The molecule has 0 bridgehead atoms. The Morgan fingerprint density at radius 3 is 2.61 bits per heavy atom. The molecule has 0 saturated heterocycles. The van der Waals surface area contributed by atoms with Crippen LogP contribution in [-0.4, -0.2) is 31.7 Å². The van der Waals surface area contributed by atoms with Gasteiger partial charge in [-0.3, -0.25) is 19.9 Å². The second-order valence-electron chi connectivity index (χ2n) is 9.13. The third-order valence-corrected chi connectivity index (χ3v) is 6.21. The molecule has 2 amide bonds. The van der Waals surface area contributed by atoms with Gasteiger partial charge in [0, 0.05) is 23.7 Å². The third-order valence-electron chi connectivity index (χ3n) is 6.21. The molecule has 0 aromatic carbocycles. The third kappa shape index (κ3) is 4.46. The molecule has 3 heterocycles. The summed E-state index contributed by atoms with van der Waals surface area (Å²) in [6.45, 7) is 5.98. The lowest BCUT2D eigenvalue weighted by Gasteiger charge is -2.19. The number of rotatable bonds is 7. The number of nitrogens with one attached hydrogen (secondary N) is 1. The second-order valence-corrected chi connectivity index (χ2v) is 9.13. The Labute approximate surface area is 191 Å². The highest BCUT2D eigenvalue weighted by Gasteiger charge is 2.33. The van der Waals surface area contributed by atoms with Crippen molar-refractivity contribution >= 4 is 23.5 Å². The number of amides is 2.